The van der Waals surface area contributed by atoms with Crippen molar-refractivity contribution in [1.82, 2.24) is 14.9 Å². The van der Waals surface area contributed by atoms with Gasteiger partial charge in [0.2, 0.25) is 0 Å². The Morgan fingerprint density at radius 3 is 2.73 bits per heavy atom. The molecule has 0 bridgehead atoms. The number of aromatic amines is 1. The van der Waals surface area contributed by atoms with Crippen molar-refractivity contribution in [2.75, 3.05) is 27.3 Å². The van der Waals surface area contributed by atoms with Crippen LogP contribution in [-0.2, 0) is 11.2 Å². The van der Waals surface area contributed by atoms with Crippen molar-refractivity contribution in [3.63, 3.8) is 0 Å². The first-order valence-corrected chi connectivity index (χ1v) is 7.69. The predicted molar refractivity (Wildman–Crippen MR) is 85.0 cm³/mol. The maximum atomic E-state index is 5.55. The van der Waals surface area contributed by atoms with Gasteiger partial charge in [0, 0.05) is 32.6 Å². The van der Waals surface area contributed by atoms with E-state index in [0.717, 1.165) is 37.5 Å². The van der Waals surface area contributed by atoms with E-state index in [9.17, 15) is 0 Å². The molecule has 1 aliphatic rings. The molecule has 0 unspecified atom stereocenters. The number of nitrogens with zero attached hydrogens (tertiary/aromatic N) is 2. The van der Waals surface area contributed by atoms with Crippen molar-refractivity contribution >= 4 is 0 Å². The van der Waals surface area contributed by atoms with Crippen LogP contribution in [0.5, 0.6) is 5.75 Å². The summed E-state index contributed by atoms with van der Waals surface area (Å²) in [6, 6.07) is 8.61. The molecule has 1 aromatic carbocycles. The summed E-state index contributed by atoms with van der Waals surface area (Å²) in [6.45, 7) is 1.95. The predicted octanol–water partition coefficient (Wildman–Crippen LogP) is 2.42. The summed E-state index contributed by atoms with van der Waals surface area (Å²) in [5, 5.41) is 0. The summed E-state index contributed by atoms with van der Waals surface area (Å²) in [4.78, 5) is 10.1. The number of methoxy groups -OCH3 is 2. The standard InChI is InChI=1S/C17H23N3O2/c1-21-14-5-3-13(4-6-14)7-10-20-12-15(22-2)11-16(20)17-18-8-9-19-17/h3-6,8-9,15-16H,7,10-12H2,1-2H3,(H,18,19)/t15-,16+/m1/s1. The first-order chi connectivity index (χ1) is 10.8. The number of imidazole rings is 1. The number of hydrogen-bond acceptors (Lipinski definition) is 4. The lowest BCUT2D eigenvalue weighted by Gasteiger charge is -2.22. The smallest absolute Gasteiger partial charge is 0.123 e. The number of benzene rings is 1. The molecule has 1 fully saturated rings. The summed E-state index contributed by atoms with van der Waals surface area (Å²) in [5.74, 6) is 1.94. The van der Waals surface area contributed by atoms with E-state index in [2.05, 4.69) is 27.0 Å². The highest BCUT2D eigenvalue weighted by molar-refractivity contribution is 5.27. The Labute approximate surface area is 131 Å². The Bertz CT molecular complexity index is 568. The minimum Gasteiger partial charge on any atom is -0.497 e. The average molecular weight is 301 g/mol. The molecule has 0 aliphatic carbocycles. The summed E-state index contributed by atoms with van der Waals surface area (Å²) in [6.07, 6.45) is 5.99. The molecule has 2 aromatic rings. The summed E-state index contributed by atoms with van der Waals surface area (Å²) in [7, 11) is 3.48. The number of likely N-dealkylation sites (tertiary alicyclic amines) is 1. The van der Waals surface area contributed by atoms with Gasteiger partial charge in [0.15, 0.2) is 0 Å². The van der Waals surface area contributed by atoms with Crippen LogP contribution in [0, 0.1) is 0 Å². The number of H-pyrrole nitrogens is 1. The minimum absolute atomic E-state index is 0.283. The number of ether oxygens (including phenoxy) is 2. The quantitative estimate of drug-likeness (QED) is 0.890. The molecule has 2 atom stereocenters. The van der Waals surface area contributed by atoms with Gasteiger partial charge in [-0.1, -0.05) is 12.1 Å². The Balaban J connectivity index is 1.64. The normalized spacial score (nSPS) is 22.1. The molecule has 1 saturated heterocycles. The number of rotatable bonds is 6. The van der Waals surface area contributed by atoms with E-state index in [1.807, 2.05) is 24.5 Å². The van der Waals surface area contributed by atoms with Crippen LogP contribution in [0.4, 0.5) is 0 Å². The highest BCUT2D eigenvalue weighted by Crippen LogP contribution is 2.31. The molecule has 5 nitrogen and oxygen atoms in total. The van der Waals surface area contributed by atoms with E-state index in [-0.39, 0.29) is 6.10 Å². The summed E-state index contributed by atoms with van der Waals surface area (Å²) in [5.41, 5.74) is 1.32. The third-order valence-corrected chi connectivity index (χ3v) is 4.38. The van der Waals surface area contributed by atoms with Gasteiger partial charge in [-0.05, 0) is 30.5 Å². The lowest BCUT2D eigenvalue weighted by Crippen LogP contribution is -2.28. The summed E-state index contributed by atoms with van der Waals surface area (Å²) < 4.78 is 10.8. The topological polar surface area (TPSA) is 50.4 Å². The van der Waals surface area contributed by atoms with Gasteiger partial charge in [0.1, 0.15) is 11.6 Å². The van der Waals surface area contributed by atoms with Crippen molar-refractivity contribution in [3.8, 4) is 5.75 Å². The largest absolute Gasteiger partial charge is 0.497 e. The Morgan fingerprint density at radius 1 is 1.27 bits per heavy atom. The minimum atomic E-state index is 0.283. The second-order valence-electron chi connectivity index (χ2n) is 5.68. The molecule has 5 heteroatoms. The maximum absolute atomic E-state index is 5.55. The third kappa shape index (κ3) is 3.31. The summed E-state index contributed by atoms with van der Waals surface area (Å²) >= 11 is 0. The van der Waals surface area contributed by atoms with Crippen LogP contribution >= 0.6 is 0 Å². The van der Waals surface area contributed by atoms with Crippen LogP contribution in [0.2, 0.25) is 0 Å². The van der Waals surface area contributed by atoms with Crippen molar-refractivity contribution in [1.29, 1.82) is 0 Å². The molecule has 1 aliphatic heterocycles. The maximum Gasteiger partial charge on any atom is 0.123 e. The van der Waals surface area contributed by atoms with Gasteiger partial charge >= 0.3 is 0 Å². The average Bonchev–Trinajstić information content (AvgIpc) is 3.22. The first-order valence-electron chi connectivity index (χ1n) is 7.69. The molecule has 3 rings (SSSR count). The van der Waals surface area contributed by atoms with E-state index in [1.54, 1.807) is 14.2 Å². The van der Waals surface area contributed by atoms with Crippen LogP contribution in [0.1, 0.15) is 23.9 Å². The van der Waals surface area contributed by atoms with E-state index in [4.69, 9.17) is 9.47 Å². The fraction of sp³-hybridized carbons (Fsp3) is 0.471. The molecule has 0 saturated carbocycles. The molecule has 1 N–H and O–H groups in total. The highest BCUT2D eigenvalue weighted by Gasteiger charge is 2.34. The van der Waals surface area contributed by atoms with Crippen LogP contribution in [-0.4, -0.2) is 48.3 Å². The zero-order valence-electron chi connectivity index (χ0n) is 13.2. The zero-order valence-corrected chi connectivity index (χ0v) is 13.2. The fourth-order valence-electron chi connectivity index (χ4n) is 3.09. The van der Waals surface area contributed by atoms with Crippen molar-refractivity contribution < 1.29 is 9.47 Å². The van der Waals surface area contributed by atoms with Crippen LogP contribution in [0.25, 0.3) is 0 Å². The molecular formula is C17H23N3O2. The molecular weight excluding hydrogens is 278 g/mol. The van der Waals surface area contributed by atoms with Crippen molar-refractivity contribution in [3.05, 3.63) is 48.0 Å². The Morgan fingerprint density at radius 2 is 2.09 bits per heavy atom. The molecule has 118 valence electrons. The second-order valence-corrected chi connectivity index (χ2v) is 5.68. The van der Waals surface area contributed by atoms with Crippen LogP contribution < -0.4 is 4.74 Å². The van der Waals surface area contributed by atoms with Crippen LogP contribution in [0.15, 0.2) is 36.7 Å². The van der Waals surface area contributed by atoms with Gasteiger partial charge in [0.25, 0.3) is 0 Å². The highest BCUT2D eigenvalue weighted by atomic mass is 16.5. The Hall–Kier alpha value is -1.85. The second kappa shape index (κ2) is 6.94. The van der Waals surface area contributed by atoms with Crippen LogP contribution in [0.3, 0.4) is 0 Å². The van der Waals surface area contributed by atoms with Gasteiger partial charge in [-0.3, -0.25) is 4.90 Å². The first kappa shape index (κ1) is 15.1. The van der Waals surface area contributed by atoms with Gasteiger partial charge in [0.05, 0.1) is 19.3 Å². The molecule has 2 heterocycles. The van der Waals surface area contributed by atoms with Gasteiger partial charge in [-0.25, -0.2) is 4.98 Å². The fourth-order valence-corrected chi connectivity index (χ4v) is 3.09. The third-order valence-electron chi connectivity index (χ3n) is 4.38. The van der Waals surface area contributed by atoms with Gasteiger partial charge < -0.3 is 14.5 Å². The number of aromatic nitrogens is 2. The molecule has 0 radical (unpaired) electrons. The monoisotopic (exact) mass is 301 g/mol. The molecule has 22 heavy (non-hydrogen) atoms. The van der Waals surface area contributed by atoms with E-state index < -0.39 is 0 Å². The van der Waals surface area contributed by atoms with Gasteiger partial charge in [-0.2, -0.15) is 0 Å². The molecule has 1 aromatic heterocycles. The lowest BCUT2D eigenvalue weighted by molar-refractivity contribution is 0.108. The zero-order chi connectivity index (χ0) is 15.4. The number of hydrogen-bond donors (Lipinski definition) is 1. The van der Waals surface area contributed by atoms with Gasteiger partial charge in [-0.15, -0.1) is 0 Å². The van der Waals surface area contributed by atoms with E-state index in [0.29, 0.717) is 6.04 Å². The Kier molecular flexibility index (Phi) is 4.75. The molecule has 0 amide bonds. The lowest BCUT2D eigenvalue weighted by atomic mass is 10.1. The van der Waals surface area contributed by atoms with E-state index >= 15 is 0 Å². The SMILES string of the molecule is COc1ccc(CCN2C[C@H](OC)C[C@H]2c2ncc[nH]2)cc1. The van der Waals surface area contributed by atoms with Crippen molar-refractivity contribution in [2.45, 2.75) is 25.0 Å². The van der Waals surface area contributed by atoms with Crippen molar-refractivity contribution in [2.24, 2.45) is 0 Å². The number of nitrogens with one attached hydrogen (secondary N) is 1. The van der Waals surface area contributed by atoms with E-state index in [1.165, 1.54) is 5.56 Å². The molecule has 0 spiro atoms.